The van der Waals surface area contributed by atoms with Gasteiger partial charge in [0.2, 0.25) is 0 Å². The largest absolute Gasteiger partial charge is 0.350 e. The molecule has 2 fully saturated rings. The van der Waals surface area contributed by atoms with Gasteiger partial charge in [0.1, 0.15) is 0 Å². The molecule has 1 amide bonds. The summed E-state index contributed by atoms with van der Waals surface area (Å²) in [5.41, 5.74) is 1.69. The minimum atomic E-state index is -0.0791. The van der Waals surface area contributed by atoms with Crippen molar-refractivity contribution in [3.8, 4) is 0 Å². The number of hydrogen-bond acceptors (Lipinski definition) is 4. The Morgan fingerprint density at radius 3 is 2.68 bits per heavy atom. The lowest BCUT2D eigenvalue weighted by molar-refractivity contribution is 0.0934. The quantitative estimate of drug-likeness (QED) is 0.868. The lowest BCUT2D eigenvalue weighted by Gasteiger charge is -2.23. The molecular weight excluding hydrogens is 278 g/mol. The molecule has 1 saturated carbocycles. The van der Waals surface area contributed by atoms with Crippen molar-refractivity contribution in [2.75, 3.05) is 19.6 Å². The van der Waals surface area contributed by atoms with Crippen LogP contribution in [0, 0.1) is 18.3 Å². The van der Waals surface area contributed by atoms with Crippen LogP contribution in [0.2, 0.25) is 0 Å². The van der Waals surface area contributed by atoms with E-state index in [4.69, 9.17) is 0 Å². The zero-order valence-electron chi connectivity index (χ0n) is 13.9. The van der Waals surface area contributed by atoms with Gasteiger partial charge in [-0.25, -0.2) is 4.68 Å². The van der Waals surface area contributed by atoms with Crippen LogP contribution in [-0.4, -0.2) is 40.5 Å². The van der Waals surface area contributed by atoms with Gasteiger partial charge >= 0.3 is 0 Å². The van der Waals surface area contributed by atoms with Gasteiger partial charge in [0.15, 0.2) is 5.69 Å². The zero-order valence-corrected chi connectivity index (χ0v) is 13.9. The molecular formula is C16H27N5O. The predicted octanol–water partition coefficient (Wildman–Crippen LogP) is 1.68. The van der Waals surface area contributed by atoms with Crippen LogP contribution in [0.25, 0.3) is 0 Å². The van der Waals surface area contributed by atoms with Crippen molar-refractivity contribution < 1.29 is 4.79 Å². The summed E-state index contributed by atoms with van der Waals surface area (Å²) >= 11 is 0. The standard InChI is InChI=1S/C16H27N5O/c1-11(2)16(6-7-16)10-18-15(22)14-12(3)21(20-19-14)13-4-8-17-9-5-13/h11,13,17H,4-10H2,1-3H3,(H,18,22). The molecule has 0 spiro atoms. The summed E-state index contributed by atoms with van der Waals surface area (Å²) in [7, 11) is 0. The highest BCUT2D eigenvalue weighted by molar-refractivity contribution is 5.93. The molecule has 1 aliphatic carbocycles. The van der Waals surface area contributed by atoms with E-state index < -0.39 is 0 Å². The third-order valence-electron chi connectivity index (χ3n) is 5.52. The fraction of sp³-hybridized carbons (Fsp3) is 0.812. The highest BCUT2D eigenvalue weighted by Gasteiger charge is 2.45. The van der Waals surface area contributed by atoms with Gasteiger partial charge in [-0.05, 0) is 57.0 Å². The molecule has 1 saturated heterocycles. The van der Waals surface area contributed by atoms with Crippen LogP contribution in [0.1, 0.15) is 61.8 Å². The van der Waals surface area contributed by atoms with Crippen LogP contribution < -0.4 is 10.6 Å². The predicted molar refractivity (Wildman–Crippen MR) is 84.7 cm³/mol. The first kappa shape index (κ1) is 15.5. The van der Waals surface area contributed by atoms with Crippen molar-refractivity contribution in [2.45, 2.75) is 52.5 Å². The second-order valence-electron chi connectivity index (χ2n) is 7.15. The maximum atomic E-state index is 12.4. The maximum absolute atomic E-state index is 12.4. The monoisotopic (exact) mass is 305 g/mol. The summed E-state index contributed by atoms with van der Waals surface area (Å²) in [6, 6.07) is 0.362. The van der Waals surface area contributed by atoms with Crippen LogP contribution in [0.5, 0.6) is 0 Å². The normalized spacial score (nSPS) is 21.1. The van der Waals surface area contributed by atoms with Crippen molar-refractivity contribution >= 4 is 5.91 Å². The van der Waals surface area contributed by atoms with E-state index in [1.807, 2.05) is 11.6 Å². The number of aromatic nitrogens is 3. The van der Waals surface area contributed by atoms with Gasteiger partial charge in [0.25, 0.3) is 5.91 Å². The molecule has 6 heteroatoms. The Morgan fingerprint density at radius 1 is 1.41 bits per heavy atom. The summed E-state index contributed by atoms with van der Waals surface area (Å²) in [5.74, 6) is 0.531. The van der Waals surface area contributed by atoms with Crippen LogP contribution in [-0.2, 0) is 0 Å². The molecule has 0 unspecified atom stereocenters. The lowest BCUT2D eigenvalue weighted by atomic mass is 9.92. The fourth-order valence-electron chi connectivity index (χ4n) is 3.41. The molecule has 3 rings (SSSR count). The fourth-order valence-corrected chi connectivity index (χ4v) is 3.41. The smallest absolute Gasteiger partial charge is 0.273 e. The minimum absolute atomic E-state index is 0.0791. The summed E-state index contributed by atoms with van der Waals surface area (Å²) in [6.45, 7) is 9.18. The Balaban J connectivity index is 1.64. The highest BCUT2D eigenvalue weighted by atomic mass is 16.2. The van der Waals surface area contributed by atoms with Crippen molar-refractivity contribution in [1.82, 2.24) is 25.6 Å². The molecule has 0 aromatic carbocycles. The van der Waals surface area contributed by atoms with E-state index in [0.29, 0.717) is 23.1 Å². The number of rotatable bonds is 5. The number of carbonyl (C=O) groups is 1. The molecule has 0 radical (unpaired) electrons. The van der Waals surface area contributed by atoms with Gasteiger partial charge in [0, 0.05) is 6.54 Å². The van der Waals surface area contributed by atoms with Gasteiger partial charge in [0.05, 0.1) is 11.7 Å². The van der Waals surface area contributed by atoms with E-state index in [1.165, 1.54) is 12.8 Å². The van der Waals surface area contributed by atoms with Crippen molar-refractivity contribution in [1.29, 1.82) is 0 Å². The maximum Gasteiger partial charge on any atom is 0.273 e. The van der Waals surface area contributed by atoms with E-state index in [2.05, 4.69) is 34.8 Å². The van der Waals surface area contributed by atoms with Gasteiger partial charge in [-0.3, -0.25) is 4.79 Å². The molecule has 2 heterocycles. The summed E-state index contributed by atoms with van der Waals surface area (Å²) in [5, 5.41) is 14.8. The molecule has 0 atom stereocenters. The Kier molecular flexibility index (Phi) is 4.21. The zero-order chi connectivity index (χ0) is 15.7. The molecule has 0 bridgehead atoms. The molecule has 6 nitrogen and oxygen atoms in total. The molecule has 122 valence electrons. The van der Waals surface area contributed by atoms with Crippen LogP contribution in [0.15, 0.2) is 0 Å². The van der Waals surface area contributed by atoms with Crippen molar-refractivity contribution in [2.24, 2.45) is 11.3 Å². The number of nitrogens with zero attached hydrogens (tertiary/aromatic N) is 3. The highest BCUT2D eigenvalue weighted by Crippen LogP contribution is 2.51. The lowest BCUT2D eigenvalue weighted by Crippen LogP contribution is -2.33. The molecule has 2 N–H and O–H groups in total. The van der Waals surface area contributed by atoms with Gasteiger partial charge in [-0.1, -0.05) is 19.1 Å². The summed E-state index contributed by atoms with van der Waals surface area (Å²) in [6.07, 6.45) is 4.51. The Bertz CT molecular complexity index is 541. The van der Waals surface area contributed by atoms with Crippen molar-refractivity contribution in [3.05, 3.63) is 11.4 Å². The average Bonchev–Trinajstić information content (AvgIpc) is 3.22. The summed E-state index contributed by atoms with van der Waals surface area (Å²) < 4.78 is 1.94. The minimum Gasteiger partial charge on any atom is -0.350 e. The Labute approximate surface area is 132 Å². The topological polar surface area (TPSA) is 71.8 Å². The summed E-state index contributed by atoms with van der Waals surface area (Å²) in [4.78, 5) is 12.4. The van der Waals surface area contributed by atoms with Crippen LogP contribution in [0.3, 0.4) is 0 Å². The number of amides is 1. The van der Waals surface area contributed by atoms with E-state index in [9.17, 15) is 4.79 Å². The Morgan fingerprint density at radius 2 is 2.09 bits per heavy atom. The first-order valence-corrected chi connectivity index (χ1v) is 8.44. The van der Waals surface area contributed by atoms with Crippen molar-refractivity contribution in [3.63, 3.8) is 0 Å². The van der Waals surface area contributed by atoms with E-state index in [0.717, 1.165) is 38.2 Å². The van der Waals surface area contributed by atoms with Gasteiger partial charge < -0.3 is 10.6 Å². The Hall–Kier alpha value is -1.43. The SMILES string of the molecule is Cc1c(C(=O)NCC2(C(C)C)CC2)nnn1C1CCNCC1. The van der Waals surface area contributed by atoms with Gasteiger partial charge in [-0.2, -0.15) is 0 Å². The van der Waals surface area contributed by atoms with Crippen LogP contribution >= 0.6 is 0 Å². The number of nitrogens with one attached hydrogen (secondary N) is 2. The first-order valence-electron chi connectivity index (χ1n) is 8.44. The van der Waals surface area contributed by atoms with E-state index in [1.54, 1.807) is 0 Å². The van der Waals surface area contributed by atoms with Crippen LogP contribution in [0.4, 0.5) is 0 Å². The second-order valence-corrected chi connectivity index (χ2v) is 7.15. The molecule has 1 aromatic rings. The van der Waals surface area contributed by atoms with E-state index >= 15 is 0 Å². The second kappa shape index (κ2) is 5.99. The number of carbonyl (C=O) groups excluding carboxylic acids is 1. The first-order chi connectivity index (χ1) is 10.5. The third-order valence-corrected chi connectivity index (χ3v) is 5.52. The van der Waals surface area contributed by atoms with E-state index in [-0.39, 0.29) is 5.91 Å². The molecule has 2 aliphatic rings. The molecule has 1 aliphatic heterocycles. The average molecular weight is 305 g/mol. The third kappa shape index (κ3) is 2.89. The number of piperidine rings is 1. The molecule has 22 heavy (non-hydrogen) atoms. The van der Waals surface area contributed by atoms with Gasteiger partial charge in [-0.15, -0.1) is 5.10 Å². The number of hydrogen-bond donors (Lipinski definition) is 2. The molecule has 1 aromatic heterocycles.